The van der Waals surface area contributed by atoms with Crippen molar-refractivity contribution in [2.75, 3.05) is 26.3 Å². The van der Waals surface area contributed by atoms with Crippen molar-refractivity contribution >= 4 is 0 Å². The molecule has 1 aliphatic heterocycles. The monoisotopic (exact) mass is 198 g/mol. The molecule has 0 bridgehead atoms. The van der Waals surface area contributed by atoms with Crippen LogP contribution in [0.25, 0.3) is 0 Å². The van der Waals surface area contributed by atoms with E-state index < -0.39 is 0 Å². The number of rotatable bonds is 4. The number of hydrogen-bond donors (Lipinski definition) is 2. The highest BCUT2D eigenvalue weighted by Crippen LogP contribution is 2.44. The smallest absolute Gasteiger partial charge is 0.0484 e. The lowest BCUT2D eigenvalue weighted by molar-refractivity contribution is 0.0528. The van der Waals surface area contributed by atoms with E-state index in [-0.39, 0.29) is 5.54 Å². The molecular formula is C11H22N2O. The van der Waals surface area contributed by atoms with Crippen LogP contribution in [0.15, 0.2) is 0 Å². The van der Waals surface area contributed by atoms with Gasteiger partial charge in [0.15, 0.2) is 0 Å². The summed E-state index contributed by atoms with van der Waals surface area (Å²) in [7, 11) is 0. The number of ether oxygens (including phenoxy) is 1. The molecule has 0 radical (unpaired) electrons. The maximum absolute atomic E-state index is 6.27. The van der Waals surface area contributed by atoms with Crippen LogP contribution >= 0.6 is 0 Å². The third-order valence-electron chi connectivity index (χ3n) is 3.62. The van der Waals surface area contributed by atoms with Crippen LogP contribution < -0.4 is 11.1 Å². The van der Waals surface area contributed by atoms with Crippen molar-refractivity contribution in [1.29, 1.82) is 0 Å². The summed E-state index contributed by atoms with van der Waals surface area (Å²) in [6.45, 7) is 6.08. The van der Waals surface area contributed by atoms with Gasteiger partial charge in [-0.1, -0.05) is 6.92 Å². The van der Waals surface area contributed by atoms with Gasteiger partial charge in [-0.2, -0.15) is 0 Å². The molecule has 0 aromatic rings. The molecule has 14 heavy (non-hydrogen) atoms. The summed E-state index contributed by atoms with van der Waals surface area (Å²) in [5.74, 6) is 0. The van der Waals surface area contributed by atoms with Gasteiger partial charge in [0.2, 0.25) is 0 Å². The molecule has 2 fully saturated rings. The van der Waals surface area contributed by atoms with E-state index in [1.165, 1.54) is 12.8 Å². The van der Waals surface area contributed by atoms with Crippen LogP contribution in [0.2, 0.25) is 0 Å². The van der Waals surface area contributed by atoms with Gasteiger partial charge in [0, 0.05) is 31.8 Å². The first-order valence-corrected chi connectivity index (χ1v) is 5.69. The van der Waals surface area contributed by atoms with Crippen molar-refractivity contribution in [1.82, 2.24) is 5.32 Å². The van der Waals surface area contributed by atoms with Crippen molar-refractivity contribution in [2.45, 2.75) is 38.1 Å². The maximum atomic E-state index is 6.27. The van der Waals surface area contributed by atoms with Crippen molar-refractivity contribution in [2.24, 2.45) is 11.1 Å². The zero-order valence-electron chi connectivity index (χ0n) is 9.14. The highest BCUT2D eigenvalue weighted by atomic mass is 16.5. The van der Waals surface area contributed by atoms with E-state index in [9.17, 15) is 0 Å². The van der Waals surface area contributed by atoms with Gasteiger partial charge in [-0.05, 0) is 31.1 Å². The molecule has 0 amide bonds. The first-order chi connectivity index (χ1) is 6.62. The molecule has 1 saturated heterocycles. The summed E-state index contributed by atoms with van der Waals surface area (Å²) in [6, 6.07) is 0. The first-order valence-electron chi connectivity index (χ1n) is 5.69. The molecule has 0 spiro atoms. The molecule has 82 valence electrons. The minimum atomic E-state index is -0.0104. The van der Waals surface area contributed by atoms with Crippen LogP contribution in [0.5, 0.6) is 0 Å². The van der Waals surface area contributed by atoms with Crippen LogP contribution in [-0.2, 0) is 4.74 Å². The Morgan fingerprint density at radius 1 is 1.14 bits per heavy atom. The van der Waals surface area contributed by atoms with Gasteiger partial charge in [0.25, 0.3) is 0 Å². The van der Waals surface area contributed by atoms with Crippen molar-refractivity contribution < 1.29 is 4.74 Å². The Morgan fingerprint density at radius 3 is 2.36 bits per heavy atom. The number of nitrogens with two attached hydrogens (primary N) is 1. The van der Waals surface area contributed by atoms with Gasteiger partial charge in [-0.3, -0.25) is 0 Å². The predicted molar refractivity (Wildman–Crippen MR) is 57.2 cm³/mol. The largest absolute Gasteiger partial charge is 0.381 e. The van der Waals surface area contributed by atoms with E-state index in [1.807, 2.05) is 0 Å². The van der Waals surface area contributed by atoms with Crippen molar-refractivity contribution in [3.8, 4) is 0 Å². The lowest BCUT2D eigenvalue weighted by atomic mass is 9.91. The average Bonchev–Trinajstić information content (AvgIpc) is 2.85. The Morgan fingerprint density at radius 2 is 1.79 bits per heavy atom. The van der Waals surface area contributed by atoms with E-state index in [1.54, 1.807) is 0 Å². The van der Waals surface area contributed by atoms with Gasteiger partial charge in [0.05, 0.1) is 0 Å². The van der Waals surface area contributed by atoms with E-state index in [0.717, 1.165) is 39.1 Å². The second kappa shape index (κ2) is 3.80. The summed E-state index contributed by atoms with van der Waals surface area (Å²) in [4.78, 5) is 0. The second-order valence-corrected chi connectivity index (χ2v) is 5.39. The topological polar surface area (TPSA) is 47.3 Å². The van der Waals surface area contributed by atoms with Gasteiger partial charge in [0.1, 0.15) is 0 Å². The minimum absolute atomic E-state index is 0.0104. The van der Waals surface area contributed by atoms with Gasteiger partial charge in [-0.25, -0.2) is 0 Å². The fourth-order valence-corrected chi connectivity index (χ4v) is 1.96. The standard InChI is InChI=1S/C11H22N2O/c1-10(2-3-10)8-13-9-11(12)4-6-14-7-5-11/h13H,2-9,12H2,1H3. The van der Waals surface area contributed by atoms with Crippen molar-refractivity contribution in [3.63, 3.8) is 0 Å². The molecule has 1 heterocycles. The Balaban J connectivity index is 1.67. The number of nitrogens with one attached hydrogen (secondary N) is 1. The Kier molecular flexibility index (Phi) is 2.82. The normalized spacial score (nSPS) is 28.7. The van der Waals surface area contributed by atoms with Gasteiger partial charge >= 0.3 is 0 Å². The van der Waals surface area contributed by atoms with E-state index in [4.69, 9.17) is 10.5 Å². The van der Waals surface area contributed by atoms with Gasteiger partial charge < -0.3 is 15.8 Å². The highest BCUT2D eigenvalue weighted by molar-refractivity contribution is 4.93. The molecule has 3 N–H and O–H groups in total. The Hall–Kier alpha value is -0.120. The van der Waals surface area contributed by atoms with E-state index in [0.29, 0.717) is 5.41 Å². The number of hydrogen-bond acceptors (Lipinski definition) is 3. The van der Waals surface area contributed by atoms with Crippen LogP contribution in [0.4, 0.5) is 0 Å². The molecule has 0 aromatic carbocycles. The lowest BCUT2D eigenvalue weighted by Crippen LogP contribution is -2.53. The van der Waals surface area contributed by atoms with Crippen LogP contribution in [0.1, 0.15) is 32.6 Å². The second-order valence-electron chi connectivity index (χ2n) is 5.39. The summed E-state index contributed by atoms with van der Waals surface area (Å²) in [5.41, 5.74) is 6.84. The Labute approximate surface area is 86.4 Å². The highest BCUT2D eigenvalue weighted by Gasteiger charge is 2.37. The molecule has 1 aliphatic carbocycles. The fourth-order valence-electron chi connectivity index (χ4n) is 1.96. The Bertz CT molecular complexity index is 195. The molecule has 0 unspecified atom stereocenters. The average molecular weight is 198 g/mol. The molecule has 3 heteroatoms. The van der Waals surface area contributed by atoms with Crippen LogP contribution in [0, 0.1) is 5.41 Å². The first kappa shape index (κ1) is 10.4. The molecule has 1 saturated carbocycles. The fraction of sp³-hybridized carbons (Fsp3) is 1.00. The third kappa shape index (κ3) is 2.69. The van der Waals surface area contributed by atoms with Crippen LogP contribution in [0.3, 0.4) is 0 Å². The maximum Gasteiger partial charge on any atom is 0.0484 e. The van der Waals surface area contributed by atoms with Crippen LogP contribution in [-0.4, -0.2) is 31.8 Å². The van der Waals surface area contributed by atoms with E-state index >= 15 is 0 Å². The summed E-state index contributed by atoms with van der Waals surface area (Å²) in [6.07, 6.45) is 4.74. The zero-order valence-corrected chi connectivity index (χ0v) is 9.14. The SMILES string of the molecule is CC1(CNCC2(N)CCOCC2)CC1. The summed E-state index contributed by atoms with van der Waals surface area (Å²) in [5, 5.41) is 3.52. The molecular weight excluding hydrogens is 176 g/mol. The van der Waals surface area contributed by atoms with Crippen molar-refractivity contribution in [3.05, 3.63) is 0 Å². The zero-order chi connectivity index (χ0) is 10.1. The van der Waals surface area contributed by atoms with E-state index in [2.05, 4.69) is 12.2 Å². The lowest BCUT2D eigenvalue weighted by Gasteiger charge is -2.34. The molecule has 0 atom stereocenters. The van der Waals surface area contributed by atoms with Gasteiger partial charge in [-0.15, -0.1) is 0 Å². The third-order valence-corrected chi connectivity index (χ3v) is 3.62. The molecule has 2 aliphatic rings. The summed E-state index contributed by atoms with van der Waals surface area (Å²) < 4.78 is 5.32. The summed E-state index contributed by atoms with van der Waals surface area (Å²) >= 11 is 0. The molecule has 3 nitrogen and oxygen atoms in total. The quantitative estimate of drug-likeness (QED) is 0.705. The molecule has 0 aromatic heterocycles. The molecule has 2 rings (SSSR count). The predicted octanol–water partition coefficient (Wildman–Crippen LogP) is 0.884. The minimum Gasteiger partial charge on any atom is -0.381 e.